The number of aromatic nitrogens is 1. The lowest BCUT2D eigenvalue weighted by Gasteiger charge is -2.17. The SMILES string of the molecule is FC(c1cccc2cnccc12)C1CCCN1. The Hall–Kier alpha value is -1.48. The zero-order chi connectivity index (χ0) is 11.7. The van der Waals surface area contributed by atoms with Crippen LogP contribution in [0.1, 0.15) is 24.6 Å². The fraction of sp³-hybridized carbons (Fsp3) is 0.357. The third kappa shape index (κ3) is 1.91. The minimum atomic E-state index is -0.927. The number of alkyl halides is 1. The van der Waals surface area contributed by atoms with E-state index in [0.717, 1.165) is 35.7 Å². The number of benzene rings is 1. The highest BCUT2D eigenvalue weighted by molar-refractivity contribution is 5.85. The zero-order valence-corrected chi connectivity index (χ0v) is 9.57. The van der Waals surface area contributed by atoms with Gasteiger partial charge in [-0.2, -0.15) is 0 Å². The van der Waals surface area contributed by atoms with Crippen LogP contribution in [0.4, 0.5) is 4.39 Å². The molecule has 2 atom stereocenters. The van der Waals surface area contributed by atoms with Crippen LogP contribution in [0, 0.1) is 0 Å². The molecule has 1 N–H and O–H groups in total. The summed E-state index contributed by atoms with van der Waals surface area (Å²) in [4.78, 5) is 4.07. The lowest BCUT2D eigenvalue weighted by atomic mass is 9.97. The fourth-order valence-electron chi connectivity index (χ4n) is 2.57. The molecule has 3 rings (SSSR count). The number of nitrogens with one attached hydrogen (secondary N) is 1. The predicted molar refractivity (Wildman–Crippen MR) is 66.6 cm³/mol. The van der Waals surface area contributed by atoms with Gasteiger partial charge in [0.25, 0.3) is 0 Å². The largest absolute Gasteiger partial charge is 0.311 e. The van der Waals surface area contributed by atoms with Crippen LogP contribution in [0.3, 0.4) is 0 Å². The van der Waals surface area contributed by atoms with Gasteiger partial charge in [-0.1, -0.05) is 18.2 Å². The minimum Gasteiger partial charge on any atom is -0.311 e. The van der Waals surface area contributed by atoms with E-state index in [-0.39, 0.29) is 6.04 Å². The highest BCUT2D eigenvalue weighted by atomic mass is 19.1. The van der Waals surface area contributed by atoms with Crippen LogP contribution < -0.4 is 5.32 Å². The standard InChI is InChI=1S/C14H15FN2/c15-14(13-5-2-7-17-13)12-4-1-3-10-9-16-8-6-11(10)12/h1,3-4,6,8-9,13-14,17H,2,5,7H2. The van der Waals surface area contributed by atoms with Gasteiger partial charge >= 0.3 is 0 Å². The molecule has 1 aliphatic heterocycles. The summed E-state index contributed by atoms with van der Waals surface area (Å²) in [5.74, 6) is 0. The van der Waals surface area contributed by atoms with Gasteiger partial charge < -0.3 is 5.32 Å². The molecule has 2 nitrogen and oxygen atoms in total. The average molecular weight is 230 g/mol. The van der Waals surface area contributed by atoms with E-state index < -0.39 is 6.17 Å². The molecule has 1 aromatic heterocycles. The van der Waals surface area contributed by atoms with Gasteiger partial charge in [-0.15, -0.1) is 0 Å². The van der Waals surface area contributed by atoms with E-state index >= 15 is 0 Å². The van der Waals surface area contributed by atoms with Crippen molar-refractivity contribution >= 4 is 10.8 Å². The Bertz CT molecular complexity index is 515. The predicted octanol–water partition coefficient (Wildman–Crippen LogP) is 3.00. The number of halogens is 1. The molecule has 0 aliphatic carbocycles. The van der Waals surface area contributed by atoms with Crippen LogP contribution in [-0.2, 0) is 0 Å². The van der Waals surface area contributed by atoms with E-state index in [9.17, 15) is 4.39 Å². The van der Waals surface area contributed by atoms with Crippen molar-refractivity contribution in [3.8, 4) is 0 Å². The van der Waals surface area contributed by atoms with Crippen LogP contribution in [0.25, 0.3) is 10.8 Å². The van der Waals surface area contributed by atoms with Crippen LogP contribution in [-0.4, -0.2) is 17.6 Å². The summed E-state index contributed by atoms with van der Waals surface area (Å²) in [6.45, 7) is 0.928. The van der Waals surface area contributed by atoms with Crippen LogP contribution in [0.5, 0.6) is 0 Å². The molecule has 1 fully saturated rings. The van der Waals surface area contributed by atoms with Crippen molar-refractivity contribution in [3.05, 3.63) is 42.2 Å². The summed E-state index contributed by atoms with van der Waals surface area (Å²) in [6.07, 6.45) is 4.57. The molecule has 2 unspecified atom stereocenters. The van der Waals surface area contributed by atoms with Crippen molar-refractivity contribution in [2.45, 2.75) is 25.1 Å². The topological polar surface area (TPSA) is 24.9 Å². The molecular weight excluding hydrogens is 215 g/mol. The van der Waals surface area contributed by atoms with Gasteiger partial charge in [0.05, 0.1) is 0 Å². The Morgan fingerprint density at radius 3 is 3.12 bits per heavy atom. The number of rotatable bonds is 2. The number of hydrogen-bond acceptors (Lipinski definition) is 2. The Morgan fingerprint density at radius 1 is 1.35 bits per heavy atom. The summed E-state index contributed by atoms with van der Waals surface area (Å²) in [5, 5.41) is 5.21. The maximum absolute atomic E-state index is 14.5. The maximum atomic E-state index is 14.5. The summed E-state index contributed by atoms with van der Waals surface area (Å²) in [7, 11) is 0. The fourth-order valence-corrected chi connectivity index (χ4v) is 2.57. The van der Waals surface area contributed by atoms with E-state index in [2.05, 4.69) is 10.3 Å². The molecule has 1 aromatic carbocycles. The van der Waals surface area contributed by atoms with Crippen molar-refractivity contribution in [2.75, 3.05) is 6.54 Å². The summed E-state index contributed by atoms with van der Waals surface area (Å²) in [6, 6.07) is 7.62. The first-order valence-electron chi connectivity index (χ1n) is 6.06. The van der Waals surface area contributed by atoms with Crippen molar-refractivity contribution in [1.29, 1.82) is 0 Å². The minimum absolute atomic E-state index is 0.0336. The molecule has 1 saturated heterocycles. The van der Waals surface area contributed by atoms with E-state index in [1.807, 2.05) is 24.3 Å². The molecule has 0 spiro atoms. The van der Waals surface area contributed by atoms with Crippen molar-refractivity contribution in [2.24, 2.45) is 0 Å². The van der Waals surface area contributed by atoms with Gasteiger partial charge in [0.1, 0.15) is 6.17 Å². The molecule has 1 aliphatic rings. The van der Waals surface area contributed by atoms with Gasteiger partial charge in [-0.05, 0) is 36.4 Å². The Balaban J connectivity index is 2.04. The monoisotopic (exact) mass is 230 g/mol. The molecule has 88 valence electrons. The lowest BCUT2D eigenvalue weighted by molar-refractivity contribution is 0.273. The maximum Gasteiger partial charge on any atom is 0.141 e. The zero-order valence-electron chi connectivity index (χ0n) is 9.57. The summed E-state index contributed by atoms with van der Waals surface area (Å²) < 4.78 is 14.5. The first-order chi connectivity index (χ1) is 8.36. The number of fused-ring (bicyclic) bond motifs is 1. The number of nitrogens with zero attached hydrogens (tertiary/aromatic N) is 1. The molecular formula is C14H15FN2. The molecule has 2 aromatic rings. The smallest absolute Gasteiger partial charge is 0.141 e. The molecule has 3 heteroatoms. The summed E-state index contributed by atoms with van der Waals surface area (Å²) in [5.41, 5.74) is 0.782. The number of pyridine rings is 1. The molecule has 0 radical (unpaired) electrons. The highest BCUT2D eigenvalue weighted by Crippen LogP contribution is 2.31. The third-order valence-corrected chi connectivity index (χ3v) is 3.46. The molecule has 0 amide bonds. The van der Waals surface area contributed by atoms with Crippen molar-refractivity contribution in [3.63, 3.8) is 0 Å². The van der Waals surface area contributed by atoms with E-state index in [4.69, 9.17) is 0 Å². The normalized spacial score (nSPS) is 21.8. The van der Waals surface area contributed by atoms with Crippen LogP contribution in [0.15, 0.2) is 36.7 Å². The van der Waals surface area contributed by atoms with Gasteiger partial charge in [0.2, 0.25) is 0 Å². The van der Waals surface area contributed by atoms with Gasteiger partial charge in [0.15, 0.2) is 0 Å². The Morgan fingerprint density at radius 2 is 2.29 bits per heavy atom. The van der Waals surface area contributed by atoms with Crippen molar-refractivity contribution < 1.29 is 4.39 Å². The number of hydrogen-bond donors (Lipinski definition) is 1. The van der Waals surface area contributed by atoms with E-state index in [0.29, 0.717) is 0 Å². The van der Waals surface area contributed by atoms with Gasteiger partial charge in [-0.3, -0.25) is 4.98 Å². The Kier molecular flexibility index (Phi) is 2.77. The van der Waals surface area contributed by atoms with Gasteiger partial charge in [-0.25, -0.2) is 4.39 Å². The van der Waals surface area contributed by atoms with Gasteiger partial charge in [0, 0.05) is 23.8 Å². The lowest BCUT2D eigenvalue weighted by Crippen LogP contribution is -2.26. The first kappa shape index (κ1) is 10.7. The molecule has 2 heterocycles. The second-order valence-corrected chi connectivity index (χ2v) is 4.55. The van der Waals surface area contributed by atoms with Crippen LogP contribution >= 0.6 is 0 Å². The summed E-state index contributed by atoms with van der Waals surface area (Å²) >= 11 is 0. The highest BCUT2D eigenvalue weighted by Gasteiger charge is 2.26. The molecule has 0 saturated carbocycles. The molecule has 17 heavy (non-hydrogen) atoms. The first-order valence-corrected chi connectivity index (χ1v) is 6.06. The third-order valence-electron chi connectivity index (χ3n) is 3.46. The van der Waals surface area contributed by atoms with Crippen molar-refractivity contribution in [1.82, 2.24) is 10.3 Å². The Labute approximate surface area is 99.9 Å². The quantitative estimate of drug-likeness (QED) is 0.857. The second-order valence-electron chi connectivity index (χ2n) is 4.55. The van der Waals surface area contributed by atoms with Crippen LogP contribution in [0.2, 0.25) is 0 Å². The average Bonchev–Trinajstić information content (AvgIpc) is 2.91. The second kappa shape index (κ2) is 4.41. The molecule has 0 bridgehead atoms. The van der Waals surface area contributed by atoms with E-state index in [1.165, 1.54) is 0 Å². The van der Waals surface area contributed by atoms with E-state index in [1.54, 1.807) is 12.4 Å².